The van der Waals surface area contributed by atoms with Gasteiger partial charge in [-0.1, -0.05) is 0 Å². The summed E-state index contributed by atoms with van der Waals surface area (Å²) >= 11 is 3.36. The van der Waals surface area contributed by atoms with E-state index in [-0.39, 0.29) is 5.60 Å². The van der Waals surface area contributed by atoms with Gasteiger partial charge in [-0.05, 0) is 48.8 Å². The van der Waals surface area contributed by atoms with Crippen LogP contribution in [0.1, 0.15) is 20.8 Å². The van der Waals surface area contributed by atoms with Gasteiger partial charge in [0, 0.05) is 6.20 Å². The lowest BCUT2D eigenvalue weighted by molar-refractivity contribution is -0.0168. The molecule has 0 aromatic carbocycles. The average molecular weight is 274 g/mol. The maximum Gasteiger partial charge on any atom is 0.228 e. The molecule has 0 unspecified atom stereocenters. The summed E-state index contributed by atoms with van der Waals surface area (Å²) in [5.74, 6) is 0.606. The van der Waals surface area contributed by atoms with Crippen molar-refractivity contribution in [1.29, 1.82) is 0 Å². The second-order valence-corrected chi connectivity index (χ2v) is 4.95. The van der Waals surface area contributed by atoms with Crippen LogP contribution in [0.4, 0.5) is 0 Å². The van der Waals surface area contributed by atoms with E-state index >= 15 is 0 Å². The molecule has 4 heteroatoms. The molecule has 0 spiro atoms. The van der Waals surface area contributed by atoms with Crippen LogP contribution in [0.2, 0.25) is 0 Å². The predicted molar refractivity (Wildman–Crippen MR) is 63.1 cm³/mol. The summed E-state index contributed by atoms with van der Waals surface area (Å²) < 4.78 is 11.8. The van der Waals surface area contributed by atoms with Gasteiger partial charge in [0.25, 0.3) is 0 Å². The van der Waals surface area contributed by atoms with E-state index in [1.807, 2.05) is 32.9 Å². The quantitative estimate of drug-likeness (QED) is 0.791. The Morgan fingerprint density at radius 1 is 1.33 bits per heavy atom. The maximum absolute atomic E-state index is 5.52. The van der Waals surface area contributed by atoms with Crippen LogP contribution in [0.3, 0.4) is 0 Å². The fourth-order valence-electron chi connectivity index (χ4n) is 0.964. The van der Waals surface area contributed by atoms with Gasteiger partial charge in [-0.15, -0.1) is 0 Å². The molecule has 0 N–H and O–H groups in total. The summed E-state index contributed by atoms with van der Waals surface area (Å²) in [4.78, 5) is 4.09. The van der Waals surface area contributed by atoms with Crippen molar-refractivity contribution < 1.29 is 9.47 Å². The lowest BCUT2D eigenvalue weighted by atomic mass is 10.2. The van der Waals surface area contributed by atoms with Crippen LogP contribution in [0, 0.1) is 0 Å². The normalized spacial score (nSPS) is 11.5. The first kappa shape index (κ1) is 12.5. The van der Waals surface area contributed by atoms with Gasteiger partial charge in [-0.25, -0.2) is 4.98 Å². The minimum absolute atomic E-state index is 0.120. The molecule has 0 amide bonds. The van der Waals surface area contributed by atoms with E-state index in [4.69, 9.17) is 9.47 Å². The number of halogens is 1. The van der Waals surface area contributed by atoms with Gasteiger partial charge >= 0.3 is 0 Å². The Morgan fingerprint density at radius 3 is 2.67 bits per heavy atom. The zero-order valence-corrected chi connectivity index (χ0v) is 10.9. The van der Waals surface area contributed by atoms with Crippen molar-refractivity contribution in [3.05, 3.63) is 22.8 Å². The molecule has 0 aliphatic rings. The average Bonchev–Trinajstić information content (AvgIpc) is 2.13. The second-order valence-electron chi connectivity index (χ2n) is 4.10. The molecule has 0 saturated heterocycles. The molecular formula is C11H16BrNO2. The van der Waals surface area contributed by atoms with E-state index in [1.54, 1.807) is 6.20 Å². The Balaban J connectivity index is 2.30. The standard InChI is InChI=1S/C11H16BrNO2/c1-11(2,3)15-8-7-14-10-9(12)5-4-6-13-10/h4-6H,7-8H2,1-3H3. The van der Waals surface area contributed by atoms with E-state index in [2.05, 4.69) is 20.9 Å². The molecule has 0 atom stereocenters. The molecule has 0 aliphatic heterocycles. The van der Waals surface area contributed by atoms with Crippen molar-refractivity contribution >= 4 is 15.9 Å². The van der Waals surface area contributed by atoms with Crippen LogP contribution >= 0.6 is 15.9 Å². The Labute approximate surface area is 98.9 Å². The second kappa shape index (κ2) is 5.47. The summed E-state index contributed by atoms with van der Waals surface area (Å²) in [6.45, 7) is 7.12. The van der Waals surface area contributed by atoms with Gasteiger partial charge in [0.05, 0.1) is 16.7 Å². The third kappa shape index (κ3) is 5.14. The van der Waals surface area contributed by atoms with Crippen molar-refractivity contribution in [2.45, 2.75) is 26.4 Å². The van der Waals surface area contributed by atoms with Crippen molar-refractivity contribution in [2.75, 3.05) is 13.2 Å². The summed E-state index contributed by atoms with van der Waals surface area (Å²) in [5, 5.41) is 0. The lowest BCUT2D eigenvalue weighted by Gasteiger charge is -2.19. The Hall–Kier alpha value is -0.610. The zero-order chi connectivity index (χ0) is 11.3. The third-order valence-corrected chi connectivity index (χ3v) is 2.19. The molecular weight excluding hydrogens is 258 g/mol. The minimum Gasteiger partial charge on any atom is -0.474 e. The number of hydrogen-bond acceptors (Lipinski definition) is 3. The van der Waals surface area contributed by atoms with Crippen LogP contribution < -0.4 is 4.74 Å². The molecule has 84 valence electrons. The fourth-order valence-corrected chi connectivity index (χ4v) is 1.33. The van der Waals surface area contributed by atoms with Crippen LogP contribution in [-0.2, 0) is 4.74 Å². The lowest BCUT2D eigenvalue weighted by Crippen LogP contribution is -2.22. The molecule has 1 aromatic heterocycles. The third-order valence-electron chi connectivity index (χ3n) is 1.58. The van der Waals surface area contributed by atoms with Crippen LogP contribution in [0.15, 0.2) is 22.8 Å². The Morgan fingerprint density at radius 2 is 2.07 bits per heavy atom. The van der Waals surface area contributed by atoms with Crippen molar-refractivity contribution in [3.63, 3.8) is 0 Å². The van der Waals surface area contributed by atoms with Gasteiger partial charge in [0.1, 0.15) is 6.61 Å². The van der Waals surface area contributed by atoms with Crippen molar-refractivity contribution in [3.8, 4) is 5.88 Å². The van der Waals surface area contributed by atoms with Crippen LogP contribution in [0.5, 0.6) is 5.88 Å². The number of pyridine rings is 1. The molecule has 0 aliphatic carbocycles. The summed E-state index contributed by atoms with van der Waals surface area (Å²) in [7, 11) is 0. The summed E-state index contributed by atoms with van der Waals surface area (Å²) in [6.07, 6.45) is 1.70. The van der Waals surface area contributed by atoms with Crippen molar-refractivity contribution in [2.24, 2.45) is 0 Å². The van der Waals surface area contributed by atoms with E-state index in [1.165, 1.54) is 0 Å². The number of nitrogens with zero attached hydrogens (tertiary/aromatic N) is 1. The molecule has 1 heterocycles. The highest BCUT2D eigenvalue weighted by atomic mass is 79.9. The number of rotatable bonds is 4. The van der Waals surface area contributed by atoms with Gasteiger partial charge in [0.2, 0.25) is 5.88 Å². The highest BCUT2D eigenvalue weighted by Gasteiger charge is 2.09. The molecule has 3 nitrogen and oxygen atoms in total. The number of aromatic nitrogens is 1. The molecule has 0 bridgehead atoms. The predicted octanol–water partition coefficient (Wildman–Crippen LogP) is 3.04. The molecule has 1 aromatic rings. The highest BCUT2D eigenvalue weighted by molar-refractivity contribution is 9.10. The fraction of sp³-hybridized carbons (Fsp3) is 0.545. The zero-order valence-electron chi connectivity index (χ0n) is 9.29. The monoisotopic (exact) mass is 273 g/mol. The Kier molecular flexibility index (Phi) is 4.54. The SMILES string of the molecule is CC(C)(C)OCCOc1ncccc1Br. The smallest absolute Gasteiger partial charge is 0.228 e. The topological polar surface area (TPSA) is 31.4 Å². The maximum atomic E-state index is 5.52. The van der Waals surface area contributed by atoms with Crippen molar-refractivity contribution in [1.82, 2.24) is 4.98 Å². The molecule has 15 heavy (non-hydrogen) atoms. The van der Waals surface area contributed by atoms with Gasteiger partial charge in [-0.3, -0.25) is 0 Å². The van der Waals surface area contributed by atoms with Crippen LogP contribution in [0.25, 0.3) is 0 Å². The number of hydrogen-bond donors (Lipinski definition) is 0. The first-order valence-electron chi connectivity index (χ1n) is 4.86. The Bertz CT molecular complexity index is 310. The largest absolute Gasteiger partial charge is 0.474 e. The van der Waals surface area contributed by atoms with E-state index in [9.17, 15) is 0 Å². The van der Waals surface area contributed by atoms with Crippen LogP contribution in [-0.4, -0.2) is 23.8 Å². The molecule has 0 fully saturated rings. The van der Waals surface area contributed by atoms with E-state index < -0.39 is 0 Å². The van der Waals surface area contributed by atoms with Gasteiger partial charge < -0.3 is 9.47 Å². The first-order chi connectivity index (χ1) is 6.99. The van der Waals surface area contributed by atoms with Gasteiger partial charge in [0.15, 0.2) is 0 Å². The van der Waals surface area contributed by atoms with Gasteiger partial charge in [-0.2, -0.15) is 0 Å². The summed E-state index contributed by atoms with van der Waals surface area (Å²) in [5.41, 5.74) is -0.120. The molecule has 0 saturated carbocycles. The first-order valence-corrected chi connectivity index (χ1v) is 5.65. The van der Waals surface area contributed by atoms with E-state index in [0.29, 0.717) is 19.1 Å². The van der Waals surface area contributed by atoms with E-state index in [0.717, 1.165) is 4.47 Å². The number of ether oxygens (including phenoxy) is 2. The molecule has 0 radical (unpaired) electrons. The summed E-state index contributed by atoms with van der Waals surface area (Å²) in [6, 6.07) is 3.75. The minimum atomic E-state index is -0.120. The highest BCUT2D eigenvalue weighted by Crippen LogP contribution is 2.20. The molecule has 1 rings (SSSR count).